The average molecular weight is 252 g/mol. The molecule has 72 valence electrons. The summed E-state index contributed by atoms with van der Waals surface area (Å²) in [5, 5.41) is 0. The number of pyridine rings is 1. The number of hydrogen-bond donors (Lipinski definition) is 0. The highest BCUT2D eigenvalue weighted by Crippen LogP contribution is 2.22. The van der Waals surface area contributed by atoms with E-state index >= 15 is 0 Å². The van der Waals surface area contributed by atoms with Crippen LogP contribution in [0.15, 0.2) is 35.5 Å². The van der Waals surface area contributed by atoms with E-state index in [4.69, 9.17) is 0 Å². The van der Waals surface area contributed by atoms with Crippen LogP contribution in [0.25, 0.3) is 11.3 Å². The lowest BCUT2D eigenvalue weighted by atomic mass is 10.2. The number of nitrogens with zero attached hydrogens (tertiary/aromatic N) is 3. The summed E-state index contributed by atoms with van der Waals surface area (Å²) in [6.07, 6.45) is 5.46. The van der Waals surface area contributed by atoms with E-state index in [1.165, 1.54) is 0 Å². The highest BCUT2D eigenvalue weighted by molar-refractivity contribution is 9.10. The molecule has 0 fully saturated rings. The molecule has 0 aliphatic carbocycles. The van der Waals surface area contributed by atoms with Crippen LogP contribution in [0, 0.1) is 0 Å². The minimum Gasteiger partial charge on any atom is -0.319 e. The van der Waals surface area contributed by atoms with Gasteiger partial charge in [-0.25, -0.2) is 4.98 Å². The molecular formula is C10H10BrN3. The van der Waals surface area contributed by atoms with Gasteiger partial charge in [-0.2, -0.15) is 0 Å². The Morgan fingerprint density at radius 1 is 1.43 bits per heavy atom. The summed E-state index contributed by atoms with van der Waals surface area (Å²) in [5.41, 5.74) is 2.18. The highest BCUT2D eigenvalue weighted by Gasteiger charge is 2.07. The molecule has 0 radical (unpaired) electrons. The Morgan fingerprint density at radius 3 is 2.93 bits per heavy atom. The Kier molecular flexibility index (Phi) is 2.63. The van der Waals surface area contributed by atoms with Gasteiger partial charge in [-0.15, -0.1) is 0 Å². The quantitative estimate of drug-likeness (QED) is 0.822. The topological polar surface area (TPSA) is 30.7 Å². The Bertz CT molecular complexity index is 422. The van der Waals surface area contributed by atoms with Gasteiger partial charge in [-0.05, 0) is 35.0 Å². The second kappa shape index (κ2) is 3.92. The maximum absolute atomic E-state index is 4.22. The van der Waals surface area contributed by atoms with E-state index in [-0.39, 0.29) is 0 Å². The zero-order valence-corrected chi connectivity index (χ0v) is 9.40. The van der Waals surface area contributed by atoms with Crippen LogP contribution in [-0.4, -0.2) is 14.5 Å². The first-order chi connectivity index (χ1) is 6.83. The van der Waals surface area contributed by atoms with Crippen LogP contribution in [0.2, 0.25) is 0 Å². The number of hydrogen-bond acceptors (Lipinski definition) is 2. The van der Waals surface area contributed by atoms with Gasteiger partial charge in [0.25, 0.3) is 0 Å². The van der Waals surface area contributed by atoms with E-state index < -0.39 is 0 Å². The number of aromatic nitrogens is 3. The van der Waals surface area contributed by atoms with Crippen molar-refractivity contribution in [1.82, 2.24) is 14.5 Å². The minimum atomic E-state index is 0.860. The Labute approximate surface area is 90.9 Å². The summed E-state index contributed by atoms with van der Waals surface area (Å²) in [6, 6.07) is 3.96. The summed E-state index contributed by atoms with van der Waals surface area (Å²) in [6.45, 7) is 2.98. The minimum absolute atomic E-state index is 0.860. The second-order valence-corrected chi connectivity index (χ2v) is 3.61. The van der Waals surface area contributed by atoms with E-state index in [0.29, 0.717) is 0 Å². The molecule has 2 aromatic rings. The van der Waals surface area contributed by atoms with Crippen LogP contribution in [0.5, 0.6) is 0 Å². The van der Waals surface area contributed by atoms with Crippen LogP contribution in [0.4, 0.5) is 0 Å². The van der Waals surface area contributed by atoms with Gasteiger partial charge in [-0.1, -0.05) is 0 Å². The van der Waals surface area contributed by atoms with Crippen molar-refractivity contribution >= 4 is 15.9 Å². The zero-order chi connectivity index (χ0) is 9.97. The normalized spacial score (nSPS) is 10.4. The molecule has 0 unspecified atom stereocenters. The van der Waals surface area contributed by atoms with Gasteiger partial charge in [0.05, 0.1) is 11.9 Å². The fourth-order valence-electron chi connectivity index (χ4n) is 1.40. The average Bonchev–Trinajstić information content (AvgIpc) is 2.61. The first kappa shape index (κ1) is 9.40. The van der Waals surface area contributed by atoms with E-state index in [2.05, 4.69) is 37.4 Å². The summed E-state index contributed by atoms with van der Waals surface area (Å²) >= 11 is 3.41. The van der Waals surface area contributed by atoms with Gasteiger partial charge < -0.3 is 4.57 Å². The third-order valence-corrected chi connectivity index (χ3v) is 2.71. The Balaban J connectivity index is 2.52. The lowest BCUT2D eigenvalue weighted by Crippen LogP contribution is -1.97. The number of halogens is 1. The van der Waals surface area contributed by atoms with Crippen molar-refractivity contribution in [2.45, 2.75) is 13.5 Å². The lowest BCUT2D eigenvalue weighted by Gasteiger charge is -2.05. The monoisotopic (exact) mass is 251 g/mol. The molecule has 0 aromatic carbocycles. The SMILES string of the molecule is CCn1c(-c2cccnc2)cnc1Br. The molecule has 0 saturated heterocycles. The second-order valence-electron chi connectivity index (χ2n) is 2.90. The summed E-state index contributed by atoms with van der Waals surface area (Å²) in [7, 11) is 0. The molecule has 2 aromatic heterocycles. The predicted molar refractivity (Wildman–Crippen MR) is 58.8 cm³/mol. The van der Waals surface area contributed by atoms with Gasteiger partial charge in [0, 0.05) is 24.5 Å². The molecule has 14 heavy (non-hydrogen) atoms. The molecule has 0 aliphatic rings. The lowest BCUT2D eigenvalue weighted by molar-refractivity contribution is 0.748. The first-order valence-corrected chi connectivity index (χ1v) is 5.23. The molecule has 4 heteroatoms. The highest BCUT2D eigenvalue weighted by atomic mass is 79.9. The van der Waals surface area contributed by atoms with Crippen molar-refractivity contribution in [1.29, 1.82) is 0 Å². The zero-order valence-electron chi connectivity index (χ0n) is 7.81. The fraction of sp³-hybridized carbons (Fsp3) is 0.200. The van der Waals surface area contributed by atoms with E-state index in [9.17, 15) is 0 Å². The van der Waals surface area contributed by atoms with E-state index in [1.54, 1.807) is 6.20 Å². The maximum Gasteiger partial charge on any atom is 0.177 e. The third-order valence-electron chi connectivity index (χ3n) is 2.08. The van der Waals surface area contributed by atoms with Crippen LogP contribution in [-0.2, 0) is 6.54 Å². The third kappa shape index (κ3) is 1.57. The molecule has 0 amide bonds. The van der Waals surface area contributed by atoms with Crippen LogP contribution < -0.4 is 0 Å². The fourth-order valence-corrected chi connectivity index (χ4v) is 1.94. The summed E-state index contributed by atoms with van der Waals surface area (Å²) < 4.78 is 2.95. The predicted octanol–water partition coefficient (Wildman–Crippen LogP) is 2.73. The van der Waals surface area contributed by atoms with Crippen LogP contribution in [0.3, 0.4) is 0 Å². The number of rotatable bonds is 2. The van der Waals surface area contributed by atoms with Crippen molar-refractivity contribution in [3.05, 3.63) is 35.5 Å². The molecule has 3 nitrogen and oxygen atoms in total. The molecule has 0 atom stereocenters. The molecule has 2 rings (SSSR count). The van der Waals surface area contributed by atoms with Crippen molar-refractivity contribution < 1.29 is 0 Å². The molecule has 2 heterocycles. The summed E-state index contributed by atoms with van der Waals surface area (Å²) in [5.74, 6) is 0. The Morgan fingerprint density at radius 2 is 2.29 bits per heavy atom. The largest absolute Gasteiger partial charge is 0.319 e. The molecular weight excluding hydrogens is 242 g/mol. The first-order valence-electron chi connectivity index (χ1n) is 4.44. The summed E-state index contributed by atoms with van der Waals surface area (Å²) in [4.78, 5) is 8.30. The maximum atomic E-state index is 4.22. The smallest absolute Gasteiger partial charge is 0.177 e. The van der Waals surface area contributed by atoms with Gasteiger partial charge >= 0.3 is 0 Å². The molecule has 0 aliphatic heterocycles. The molecule has 0 N–H and O–H groups in total. The Hall–Kier alpha value is -1.16. The van der Waals surface area contributed by atoms with Gasteiger partial charge in [0.2, 0.25) is 0 Å². The standard InChI is InChI=1S/C10H10BrN3/c1-2-14-9(7-13-10(14)11)8-4-3-5-12-6-8/h3-7H,2H2,1H3. The van der Waals surface area contributed by atoms with Crippen LogP contribution in [0.1, 0.15) is 6.92 Å². The van der Waals surface area contributed by atoms with Crippen molar-refractivity contribution in [3.63, 3.8) is 0 Å². The number of imidazole rings is 1. The van der Waals surface area contributed by atoms with E-state index in [0.717, 1.165) is 22.5 Å². The van der Waals surface area contributed by atoms with Crippen molar-refractivity contribution in [2.75, 3.05) is 0 Å². The van der Waals surface area contributed by atoms with Crippen LogP contribution >= 0.6 is 15.9 Å². The van der Waals surface area contributed by atoms with Gasteiger partial charge in [0.1, 0.15) is 0 Å². The molecule has 0 spiro atoms. The van der Waals surface area contributed by atoms with Crippen molar-refractivity contribution in [2.24, 2.45) is 0 Å². The van der Waals surface area contributed by atoms with Gasteiger partial charge in [-0.3, -0.25) is 4.98 Å². The van der Waals surface area contributed by atoms with Crippen molar-refractivity contribution in [3.8, 4) is 11.3 Å². The molecule has 0 saturated carbocycles. The van der Waals surface area contributed by atoms with E-state index in [1.807, 2.05) is 24.5 Å². The molecule has 0 bridgehead atoms. The van der Waals surface area contributed by atoms with Gasteiger partial charge in [0.15, 0.2) is 4.73 Å².